The number of aromatic nitrogens is 1. The van der Waals surface area contributed by atoms with Crippen molar-refractivity contribution in [1.82, 2.24) is 4.98 Å². The third kappa shape index (κ3) is 1.18. The summed E-state index contributed by atoms with van der Waals surface area (Å²) in [6.45, 7) is 6.51. The standard InChI is InChI=1S/C15H15N/c1-9-4-6-13-12(8-9)15-11(3)10(2)5-7-14(15)16-13/h4-8,16H,1-3H3. The van der Waals surface area contributed by atoms with Crippen molar-refractivity contribution in [2.45, 2.75) is 20.8 Å². The third-order valence-corrected chi connectivity index (χ3v) is 3.45. The molecule has 1 aromatic heterocycles. The molecule has 3 aromatic rings. The van der Waals surface area contributed by atoms with Crippen LogP contribution < -0.4 is 0 Å². The van der Waals surface area contributed by atoms with Gasteiger partial charge in [0, 0.05) is 21.8 Å². The zero-order chi connectivity index (χ0) is 11.3. The zero-order valence-corrected chi connectivity index (χ0v) is 9.89. The van der Waals surface area contributed by atoms with E-state index in [1.807, 2.05) is 0 Å². The summed E-state index contributed by atoms with van der Waals surface area (Å²) < 4.78 is 0. The number of hydrogen-bond donors (Lipinski definition) is 1. The molecule has 0 saturated carbocycles. The van der Waals surface area contributed by atoms with Gasteiger partial charge in [0.05, 0.1) is 0 Å². The lowest BCUT2D eigenvalue weighted by Gasteiger charge is -2.01. The molecule has 0 aliphatic heterocycles. The maximum absolute atomic E-state index is 3.47. The summed E-state index contributed by atoms with van der Waals surface area (Å²) in [7, 11) is 0. The van der Waals surface area contributed by atoms with Gasteiger partial charge < -0.3 is 4.98 Å². The highest BCUT2D eigenvalue weighted by Gasteiger charge is 2.07. The van der Waals surface area contributed by atoms with Crippen LogP contribution in [0.5, 0.6) is 0 Å². The van der Waals surface area contributed by atoms with Crippen molar-refractivity contribution < 1.29 is 0 Å². The fourth-order valence-electron chi connectivity index (χ4n) is 2.39. The van der Waals surface area contributed by atoms with Gasteiger partial charge >= 0.3 is 0 Å². The van der Waals surface area contributed by atoms with Crippen LogP contribution in [-0.2, 0) is 0 Å². The van der Waals surface area contributed by atoms with Crippen LogP contribution in [0.4, 0.5) is 0 Å². The van der Waals surface area contributed by atoms with E-state index in [-0.39, 0.29) is 0 Å². The van der Waals surface area contributed by atoms with Crippen molar-refractivity contribution >= 4 is 21.8 Å². The predicted molar refractivity (Wildman–Crippen MR) is 70.0 cm³/mol. The van der Waals surface area contributed by atoms with E-state index < -0.39 is 0 Å². The van der Waals surface area contributed by atoms with Gasteiger partial charge in [-0.15, -0.1) is 0 Å². The van der Waals surface area contributed by atoms with Crippen molar-refractivity contribution in [1.29, 1.82) is 0 Å². The Hall–Kier alpha value is -1.76. The number of fused-ring (bicyclic) bond motifs is 3. The van der Waals surface area contributed by atoms with Gasteiger partial charge in [0.1, 0.15) is 0 Å². The van der Waals surface area contributed by atoms with Crippen molar-refractivity contribution in [3.05, 3.63) is 47.0 Å². The topological polar surface area (TPSA) is 15.8 Å². The fraction of sp³-hybridized carbons (Fsp3) is 0.200. The highest BCUT2D eigenvalue weighted by molar-refractivity contribution is 6.09. The molecular formula is C15H15N. The average Bonchev–Trinajstić information content (AvgIpc) is 2.62. The van der Waals surface area contributed by atoms with Gasteiger partial charge in [-0.2, -0.15) is 0 Å². The Morgan fingerprint density at radius 1 is 0.875 bits per heavy atom. The van der Waals surface area contributed by atoms with Crippen LogP contribution in [0.2, 0.25) is 0 Å². The number of nitrogens with one attached hydrogen (secondary N) is 1. The number of aryl methyl sites for hydroxylation is 3. The van der Waals surface area contributed by atoms with Crippen LogP contribution in [0, 0.1) is 20.8 Å². The van der Waals surface area contributed by atoms with Crippen molar-refractivity contribution in [3.63, 3.8) is 0 Å². The van der Waals surface area contributed by atoms with Crippen LogP contribution in [0.25, 0.3) is 21.8 Å². The first-order valence-electron chi connectivity index (χ1n) is 5.65. The van der Waals surface area contributed by atoms with Crippen LogP contribution >= 0.6 is 0 Å². The summed E-state index contributed by atoms with van der Waals surface area (Å²) in [6, 6.07) is 10.9. The summed E-state index contributed by atoms with van der Waals surface area (Å²) in [4.78, 5) is 3.47. The van der Waals surface area contributed by atoms with E-state index in [0.717, 1.165) is 0 Å². The lowest BCUT2D eigenvalue weighted by Crippen LogP contribution is -1.81. The minimum Gasteiger partial charge on any atom is -0.355 e. The van der Waals surface area contributed by atoms with Gasteiger partial charge in [-0.3, -0.25) is 0 Å². The Labute approximate surface area is 95.1 Å². The summed E-state index contributed by atoms with van der Waals surface area (Å²) in [6.07, 6.45) is 0. The molecule has 1 N–H and O–H groups in total. The molecule has 0 spiro atoms. The second-order valence-electron chi connectivity index (χ2n) is 4.60. The van der Waals surface area contributed by atoms with E-state index in [1.54, 1.807) is 0 Å². The lowest BCUT2D eigenvalue weighted by molar-refractivity contribution is 1.38. The van der Waals surface area contributed by atoms with E-state index in [4.69, 9.17) is 0 Å². The van der Waals surface area contributed by atoms with Crippen molar-refractivity contribution in [2.24, 2.45) is 0 Å². The molecule has 16 heavy (non-hydrogen) atoms. The minimum atomic E-state index is 1.23. The summed E-state index contributed by atoms with van der Waals surface area (Å²) >= 11 is 0. The Kier molecular flexibility index (Phi) is 1.84. The van der Waals surface area contributed by atoms with Gasteiger partial charge in [0.15, 0.2) is 0 Å². The molecule has 0 amide bonds. The van der Waals surface area contributed by atoms with Gasteiger partial charge in [-0.05, 0) is 50.1 Å². The number of benzene rings is 2. The number of aromatic amines is 1. The molecule has 0 fully saturated rings. The van der Waals surface area contributed by atoms with Crippen LogP contribution in [0.15, 0.2) is 30.3 Å². The highest BCUT2D eigenvalue weighted by atomic mass is 14.7. The monoisotopic (exact) mass is 209 g/mol. The molecule has 0 saturated heterocycles. The van der Waals surface area contributed by atoms with E-state index in [0.29, 0.717) is 0 Å². The van der Waals surface area contributed by atoms with E-state index >= 15 is 0 Å². The Balaban J connectivity index is 2.60. The second-order valence-corrected chi connectivity index (χ2v) is 4.60. The average molecular weight is 209 g/mol. The summed E-state index contributed by atoms with van der Waals surface area (Å²) in [5.74, 6) is 0. The summed E-state index contributed by atoms with van der Waals surface area (Å²) in [5, 5.41) is 2.72. The van der Waals surface area contributed by atoms with Crippen molar-refractivity contribution in [3.8, 4) is 0 Å². The second kappa shape index (κ2) is 3.11. The van der Waals surface area contributed by atoms with E-state index in [9.17, 15) is 0 Å². The quantitative estimate of drug-likeness (QED) is 0.569. The normalized spacial score (nSPS) is 11.4. The maximum atomic E-state index is 3.47. The molecule has 0 aliphatic rings. The first kappa shape index (κ1) is 9.46. The van der Waals surface area contributed by atoms with Crippen LogP contribution in [-0.4, -0.2) is 4.98 Å². The summed E-state index contributed by atoms with van der Waals surface area (Å²) in [5.41, 5.74) is 6.52. The molecule has 1 heteroatoms. The van der Waals surface area contributed by atoms with E-state index in [2.05, 4.69) is 56.1 Å². The molecule has 0 aliphatic carbocycles. The first-order valence-corrected chi connectivity index (χ1v) is 5.65. The van der Waals surface area contributed by atoms with Crippen LogP contribution in [0.1, 0.15) is 16.7 Å². The molecule has 2 aromatic carbocycles. The number of H-pyrrole nitrogens is 1. The highest BCUT2D eigenvalue weighted by Crippen LogP contribution is 2.30. The molecule has 0 unspecified atom stereocenters. The Bertz CT molecular complexity index is 689. The minimum absolute atomic E-state index is 1.23. The smallest absolute Gasteiger partial charge is 0.0467 e. The Morgan fingerprint density at radius 2 is 1.62 bits per heavy atom. The fourth-order valence-corrected chi connectivity index (χ4v) is 2.39. The van der Waals surface area contributed by atoms with Crippen LogP contribution in [0.3, 0.4) is 0 Å². The molecule has 3 rings (SSSR count). The zero-order valence-electron chi connectivity index (χ0n) is 9.89. The van der Waals surface area contributed by atoms with Gasteiger partial charge in [0.2, 0.25) is 0 Å². The lowest BCUT2D eigenvalue weighted by atomic mass is 10.0. The van der Waals surface area contributed by atoms with Gasteiger partial charge in [-0.25, -0.2) is 0 Å². The first-order chi connectivity index (χ1) is 7.66. The SMILES string of the molecule is Cc1ccc2[nH]c3ccc(C)c(C)c3c2c1. The number of rotatable bonds is 0. The molecule has 1 heterocycles. The third-order valence-electron chi connectivity index (χ3n) is 3.45. The molecule has 1 nitrogen and oxygen atoms in total. The van der Waals surface area contributed by atoms with Crippen molar-refractivity contribution in [2.75, 3.05) is 0 Å². The molecular weight excluding hydrogens is 194 g/mol. The van der Waals surface area contributed by atoms with Gasteiger partial charge in [-0.1, -0.05) is 17.7 Å². The predicted octanol–water partition coefficient (Wildman–Crippen LogP) is 4.25. The van der Waals surface area contributed by atoms with Gasteiger partial charge in [0.25, 0.3) is 0 Å². The molecule has 0 radical (unpaired) electrons. The molecule has 80 valence electrons. The maximum Gasteiger partial charge on any atom is 0.0467 e. The van der Waals surface area contributed by atoms with E-state index in [1.165, 1.54) is 38.5 Å². The largest absolute Gasteiger partial charge is 0.355 e. The number of hydrogen-bond acceptors (Lipinski definition) is 0. The molecule has 0 bridgehead atoms. The Morgan fingerprint density at radius 3 is 2.44 bits per heavy atom. The molecule has 0 atom stereocenters.